The van der Waals surface area contributed by atoms with Gasteiger partial charge in [0.05, 0.1) is 16.7 Å². The van der Waals surface area contributed by atoms with E-state index in [2.05, 4.69) is 159 Å². The Hall–Kier alpha value is -5.54. The Morgan fingerprint density at radius 3 is 1.54 bits per heavy atom. The molecule has 0 aliphatic carbocycles. The molecule has 1 aliphatic heterocycles. The molecule has 0 bridgehead atoms. The van der Waals surface area contributed by atoms with E-state index in [1.165, 1.54) is 20.7 Å². The SMILES string of the molecule is CC(C)(C)c1nc2c(-c3ccc([Si](c4ccccc4)(c4ccccc4)c4ccccc4)cc3)ccc3c2n1-c1ccccc1P3(=O)c1ccccc1. The summed E-state index contributed by atoms with van der Waals surface area (Å²) in [5.41, 5.74) is 4.65. The van der Waals surface area contributed by atoms with Crippen LogP contribution in [0.4, 0.5) is 0 Å². The third-order valence-electron chi connectivity index (χ3n) is 10.6. The predicted octanol–water partition coefficient (Wildman–Crippen LogP) is 7.32. The molecule has 0 saturated heterocycles. The molecule has 52 heavy (non-hydrogen) atoms. The maximum Gasteiger partial charge on any atom is 0.179 e. The minimum absolute atomic E-state index is 0.259. The monoisotopic (exact) mass is 706 g/mol. The zero-order valence-corrected chi connectivity index (χ0v) is 31.5. The lowest BCUT2D eigenvalue weighted by Crippen LogP contribution is -2.74. The average molecular weight is 707 g/mol. The molecule has 0 N–H and O–H groups in total. The van der Waals surface area contributed by atoms with E-state index >= 15 is 4.57 Å². The van der Waals surface area contributed by atoms with Crippen molar-refractivity contribution in [1.29, 1.82) is 0 Å². The first kappa shape index (κ1) is 32.4. The molecule has 0 saturated carbocycles. The lowest BCUT2D eigenvalue weighted by atomic mass is 9.95. The summed E-state index contributed by atoms with van der Waals surface area (Å²) in [6, 6.07) is 64.7. The van der Waals surface area contributed by atoms with Gasteiger partial charge in [0.2, 0.25) is 0 Å². The highest BCUT2D eigenvalue weighted by Crippen LogP contribution is 2.51. The van der Waals surface area contributed by atoms with Gasteiger partial charge < -0.3 is 4.57 Å². The summed E-state index contributed by atoms with van der Waals surface area (Å²) in [5.74, 6) is 0.961. The highest BCUT2D eigenvalue weighted by molar-refractivity contribution is 7.86. The maximum atomic E-state index is 15.7. The molecule has 0 fully saturated rings. The van der Waals surface area contributed by atoms with Crippen LogP contribution in [-0.2, 0) is 9.98 Å². The summed E-state index contributed by atoms with van der Waals surface area (Å²) in [4.78, 5) is 5.45. The Balaban J connectivity index is 1.29. The molecule has 0 spiro atoms. The van der Waals surface area contributed by atoms with Crippen molar-refractivity contribution in [3.8, 4) is 16.8 Å². The van der Waals surface area contributed by atoms with Gasteiger partial charge in [0.1, 0.15) is 5.82 Å². The van der Waals surface area contributed by atoms with Gasteiger partial charge in [-0.05, 0) is 44.5 Å². The summed E-state index contributed by atoms with van der Waals surface area (Å²) in [6.07, 6.45) is 0. The number of benzene rings is 7. The van der Waals surface area contributed by atoms with E-state index in [1.807, 2.05) is 48.5 Å². The van der Waals surface area contributed by atoms with Gasteiger partial charge in [0.15, 0.2) is 15.2 Å². The smallest absolute Gasteiger partial charge is 0.179 e. The predicted molar refractivity (Wildman–Crippen MR) is 222 cm³/mol. The Kier molecular flexibility index (Phi) is 7.66. The van der Waals surface area contributed by atoms with Crippen LogP contribution in [0.15, 0.2) is 182 Å². The van der Waals surface area contributed by atoms with Crippen molar-refractivity contribution in [2.24, 2.45) is 0 Å². The van der Waals surface area contributed by atoms with Crippen molar-refractivity contribution in [3.05, 3.63) is 188 Å². The Bertz CT molecular complexity index is 2510. The van der Waals surface area contributed by atoms with E-state index in [0.717, 1.165) is 49.6 Å². The van der Waals surface area contributed by atoms with Crippen molar-refractivity contribution >= 4 is 62.9 Å². The van der Waals surface area contributed by atoms with Gasteiger partial charge in [0.25, 0.3) is 0 Å². The van der Waals surface area contributed by atoms with Gasteiger partial charge in [-0.3, -0.25) is 4.57 Å². The van der Waals surface area contributed by atoms with Crippen LogP contribution in [-0.4, -0.2) is 17.6 Å². The Morgan fingerprint density at radius 1 is 0.519 bits per heavy atom. The lowest BCUT2D eigenvalue weighted by molar-refractivity contribution is 0.539. The second-order valence-electron chi connectivity index (χ2n) is 14.7. The fraction of sp³-hybridized carbons (Fsp3) is 0.0851. The third-order valence-corrected chi connectivity index (χ3v) is 18.5. The van der Waals surface area contributed by atoms with Crippen molar-refractivity contribution < 1.29 is 4.57 Å². The molecule has 252 valence electrons. The highest BCUT2D eigenvalue weighted by atomic mass is 31.2. The van der Waals surface area contributed by atoms with Crippen molar-refractivity contribution in [3.63, 3.8) is 0 Å². The Morgan fingerprint density at radius 2 is 1.00 bits per heavy atom. The largest absolute Gasteiger partial charge is 0.308 e. The molecule has 1 atom stereocenters. The molecule has 5 heteroatoms. The topological polar surface area (TPSA) is 34.9 Å². The minimum atomic E-state index is -3.20. The number of nitrogens with zero attached hydrogens (tertiary/aromatic N) is 2. The van der Waals surface area contributed by atoms with Crippen molar-refractivity contribution in [2.45, 2.75) is 26.2 Å². The molecule has 1 aliphatic rings. The summed E-state index contributed by atoms with van der Waals surface area (Å²) in [6.45, 7) is 6.63. The molecule has 1 aromatic heterocycles. The number of fused-ring (bicyclic) bond motifs is 2. The van der Waals surface area contributed by atoms with E-state index in [9.17, 15) is 0 Å². The minimum Gasteiger partial charge on any atom is -0.308 e. The van der Waals surface area contributed by atoms with E-state index < -0.39 is 15.2 Å². The first-order valence-electron chi connectivity index (χ1n) is 17.9. The molecule has 9 rings (SSSR count). The van der Waals surface area contributed by atoms with Crippen LogP contribution in [0.2, 0.25) is 0 Å². The van der Waals surface area contributed by atoms with Gasteiger partial charge in [0, 0.05) is 26.9 Å². The molecule has 2 heterocycles. The van der Waals surface area contributed by atoms with Gasteiger partial charge in [-0.15, -0.1) is 0 Å². The number of para-hydroxylation sites is 1. The van der Waals surface area contributed by atoms with Crippen LogP contribution in [0, 0.1) is 0 Å². The molecule has 7 aromatic carbocycles. The van der Waals surface area contributed by atoms with Crippen molar-refractivity contribution in [2.75, 3.05) is 0 Å². The molecular formula is C47H39N2OPSi. The Labute approximate surface area is 306 Å². The van der Waals surface area contributed by atoms with E-state index in [1.54, 1.807) is 0 Å². The standard InChI is InChI=1S/C47H39N2OPSi/c1-47(2,3)46-48-44-40(32-33-43-45(44)49(46)41-26-16-17-27-42(41)51(43,50)35-18-8-4-9-19-35)34-28-30-39(31-29-34)52(36-20-10-5-11-21-36,37-22-12-6-13-23-37)38-24-14-7-15-25-38/h4-33H,1-3H3. The fourth-order valence-corrected chi connectivity index (χ4v) is 16.1. The normalized spacial score (nSPS) is 15.4. The van der Waals surface area contributed by atoms with Gasteiger partial charge in [-0.1, -0.05) is 185 Å². The third kappa shape index (κ3) is 4.79. The van der Waals surface area contributed by atoms with Gasteiger partial charge in [-0.25, -0.2) is 4.98 Å². The summed E-state index contributed by atoms with van der Waals surface area (Å²) in [7, 11) is -5.87. The molecule has 0 radical (unpaired) electrons. The van der Waals surface area contributed by atoms with Crippen LogP contribution >= 0.6 is 7.14 Å². The molecule has 3 nitrogen and oxygen atoms in total. The number of rotatable bonds is 6. The van der Waals surface area contributed by atoms with Gasteiger partial charge in [-0.2, -0.15) is 0 Å². The number of imidazole rings is 1. The van der Waals surface area contributed by atoms with E-state index in [4.69, 9.17) is 4.98 Å². The second kappa shape index (κ2) is 12.3. The van der Waals surface area contributed by atoms with Crippen LogP contribution < -0.4 is 36.7 Å². The quantitative estimate of drug-likeness (QED) is 0.103. The summed E-state index contributed by atoms with van der Waals surface area (Å²) < 4.78 is 18.0. The molecule has 8 aromatic rings. The van der Waals surface area contributed by atoms with Crippen LogP contribution in [0.3, 0.4) is 0 Å². The van der Waals surface area contributed by atoms with Crippen LogP contribution in [0.25, 0.3) is 27.8 Å². The number of hydrogen-bond acceptors (Lipinski definition) is 2. The molecule has 1 unspecified atom stereocenters. The highest BCUT2D eigenvalue weighted by Gasteiger charge is 2.43. The summed E-state index contributed by atoms with van der Waals surface area (Å²) in [5, 5.41) is 7.90. The van der Waals surface area contributed by atoms with Crippen LogP contribution in [0.5, 0.6) is 0 Å². The number of hydrogen-bond donors (Lipinski definition) is 0. The van der Waals surface area contributed by atoms with Gasteiger partial charge >= 0.3 is 0 Å². The fourth-order valence-electron chi connectivity index (χ4n) is 8.32. The summed E-state index contributed by atoms with van der Waals surface area (Å²) >= 11 is 0. The first-order valence-corrected chi connectivity index (χ1v) is 21.6. The first-order chi connectivity index (χ1) is 25.3. The zero-order chi connectivity index (χ0) is 35.5. The lowest BCUT2D eigenvalue weighted by Gasteiger charge is -2.34. The maximum absolute atomic E-state index is 15.7. The zero-order valence-electron chi connectivity index (χ0n) is 29.6. The van der Waals surface area contributed by atoms with Crippen LogP contribution in [0.1, 0.15) is 26.6 Å². The second-order valence-corrected chi connectivity index (χ2v) is 21.2. The number of aromatic nitrogens is 2. The van der Waals surface area contributed by atoms with E-state index in [-0.39, 0.29) is 5.41 Å². The molecular weight excluding hydrogens is 668 g/mol. The average Bonchev–Trinajstić information content (AvgIpc) is 3.61. The molecule has 0 amide bonds. The van der Waals surface area contributed by atoms with E-state index in [0.29, 0.717) is 0 Å². The van der Waals surface area contributed by atoms with Crippen molar-refractivity contribution in [1.82, 2.24) is 9.55 Å².